The van der Waals surface area contributed by atoms with Crippen LogP contribution < -0.4 is 5.32 Å². The fraction of sp³-hybridized carbons (Fsp3) is 0.926. The minimum Gasteiger partial charge on any atom is -0.394 e. The van der Waals surface area contributed by atoms with Crippen LogP contribution in [-0.4, -0.2) is 46.1 Å². The third-order valence-electron chi connectivity index (χ3n) is 16.0. The summed E-state index contributed by atoms with van der Waals surface area (Å²) in [4.78, 5) is 12.6. The van der Waals surface area contributed by atoms with E-state index in [1.165, 1.54) is 321 Å². The van der Waals surface area contributed by atoms with Crippen molar-refractivity contribution in [1.82, 2.24) is 5.32 Å². The number of nitrogens with one attached hydrogen (secondary N) is 1. The molecule has 0 radical (unpaired) electrons. The van der Waals surface area contributed by atoms with Crippen molar-refractivity contribution in [1.29, 1.82) is 0 Å². The van der Waals surface area contributed by atoms with Crippen molar-refractivity contribution in [2.24, 2.45) is 0 Å². The van der Waals surface area contributed by atoms with E-state index in [9.17, 15) is 20.1 Å². The van der Waals surface area contributed by atoms with E-state index < -0.39 is 18.2 Å². The number of carbonyl (C=O) groups is 1. The SMILES string of the molecule is CCCCCCCCCCCCCCCCCCC/C=C/CC/C=C/C(O)C(CO)NC(=O)CC(O)CCCCCCCCCCCCCCCCCCCCCCCCCCCCCCCCCCCCC. The van der Waals surface area contributed by atoms with Crippen LogP contribution in [0.1, 0.15) is 380 Å². The van der Waals surface area contributed by atoms with Gasteiger partial charge in [0.1, 0.15) is 0 Å². The Bertz CT molecular complexity index is 1090. The number of unbranched alkanes of at least 4 members (excludes halogenated alkanes) is 52. The predicted molar refractivity (Wildman–Crippen MR) is 324 cm³/mol. The summed E-state index contributed by atoms with van der Waals surface area (Å²) in [6.45, 7) is 4.25. The Labute approximate surface area is 458 Å². The molecule has 0 heterocycles. The first-order valence-corrected chi connectivity index (χ1v) is 33.6. The van der Waals surface area contributed by atoms with Crippen LogP contribution in [-0.2, 0) is 4.79 Å². The number of aliphatic hydroxyl groups is 3. The van der Waals surface area contributed by atoms with Crippen molar-refractivity contribution in [2.45, 2.75) is 398 Å². The molecule has 0 aromatic heterocycles. The Balaban J connectivity index is 3.48. The zero-order chi connectivity index (χ0) is 52.9. The summed E-state index contributed by atoms with van der Waals surface area (Å²) in [6.07, 6.45) is 82.9. The highest BCUT2D eigenvalue weighted by atomic mass is 16.3. The standard InChI is InChI=1S/C68H133NO4/c1-3-5-7-9-11-13-15-17-19-21-23-25-27-28-29-30-31-32-33-34-35-36-37-38-40-41-43-45-47-49-51-53-55-57-59-61-65(71)63-68(73)69-66(64-70)67(72)62-60-58-56-54-52-50-48-46-44-42-39-26-24-22-20-18-16-14-12-10-8-6-4-2/h52,54,60,62,65-67,70-72H,3-51,53,55-59,61,63-64H2,1-2H3,(H,69,73)/b54-52+,62-60+. The number of aliphatic hydroxyl groups excluding tert-OH is 3. The second-order valence-electron chi connectivity index (χ2n) is 23.4. The van der Waals surface area contributed by atoms with Gasteiger partial charge >= 0.3 is 0 Å². The number of allylic oxidation sites excluding steroid dienone is 3. The van der Waals surface area contributed by atoms with Crippen molar-refractivity contribution < 1.29 is 20.1 Å². The topological polar surface area (TPSA) is 89.8 Å². The molecule has 0 spiro atoms. The molecule has 0 aromatic rings. The number of amides is 1. The molecule has 3 atom stereocenters. The van der Waals surface area contributed by atoms with Crippen LogP contribution in [0.15, 0.2) is 24.3 Å². The molecule has 0 saturated heterocycles. The molecule has 0 aliphatic rings. The molecular weight excluding hydrogens is 895 g/mol. The lowest BCUT2D eigenvalue weighted by atomic mass is 10.0. The van der Waals surface area contributed by atoms with Crippen LogP contribution in [0.4, 0.5) is 0 Å². The van der Waals surface area contributed by atoms with Gasteiger partial charge in [-0.15, -0.1) is 0 Å². The zero-order valence-electron chi connectivity index (χ0n) is 49.8. The summed E-state index contributed by atoms with van der Waals surface area (Å²) in [5.41, 5.74) is 0. The normalized spacial score (nSPS) is 13.2. The lowest BCUT2D eigenvalue weighted by Gasteiger charge is -2.21. The molecular formula is C68H133NO4. The van der Waals surface area contributed by atoms with Gasteiger partial charge in [0.15, 0.2) is 0 Å². The molecule has 5 nitrogen and oxygen atoms in total. The Morgan fingerprint density at radius 3 is 0.877 bits per heavy atom. The molecule has 1 amide bonds. The van der Waals surface area contributed by atoms with Crippen LogP contribution in [0.2, 0.25) is 0 Å². The molecule has 0 fully saturated rings. The maximum atomic E-state index is 12.6. The summed E-state index contributed by atoms with van der Waals surface area (Å²) < 4.78 is 0. The van der Waals surface area contributed by atoms with E-state index in [4.69, 9.17) is 0 Å². The summed E-state index contributed by atoms with van der Waals surface area (Å²) in [5.74, 6) is -0.317. The van der Waals surface area contributed by atoms with Crippen molar-refractivity contribution in [3.05, 3.63) is 24.3 Å². The Morgan fingerprint density at radius 1 is 0.342 bits per heavy atom. The molecule has 0 aliphatic heterocycles. The maximum absolute atomic E-state index is 12.6. The maximum Gasteiger partial charge on any atom is 0.222 e. The van der Waals surface area contributed by atoms with Crippen molar-refractivity contribution in [3.8, 4) is 0 Å². The zero-order valence-corrected chi connectivity index (χ0v) is 49.8. The first kappa shape index (κ1) is 71.8. The molecule has 0 aromatic carbocycles. The highest BCUT2D eigenvalue weighted by molar-refractivity contribution is 5.76. The summed E-state index contributed by atoms with van der Waals surface area (Å²) in [6, 6.07) is -0.760. The number of rotatable bonds is 63. The van der Waals surface area contributed by atoms with Crippen LogP contribution in [0.25, 0.3) is 0 Å². The largest absolute Gasteiger partial charge is 0.394 e. The van der Waals surface area contributed by atoms with Crippen LogP contribution >= 0.6 is 0 Å². The Morgan fingerprint density at radius 2 is 0.589 bits per heavy atom. The smallest absolute Gasteiger partial charge is 0.222 e. The van der Waals surface area contributed by atoms with Gasteiger partial charge in [-0.2, -0.15) is 0 Å². The lowest BCUT2D eigenvalue weighted by Crippen LogP contribution is -2.45. The predicted octanol–water partition coefficient (Wildman–Crippen LogP) is 21.6. The van der Waals surface area contributed by atoms with Crippen molar-refractivity contribution in [2.75, 3.05) is 6.61 Å². The molecule has 5 heteroatoms. The fourth-order valence-corrected chi connectivity index (χ4v) is 10.9. The van der Waals surface area contributed by atoms with E-state index in [0.29, 0.717) is 6.42 Å². The fourth-order valence-electron chi connectivity index (χ4n) is 10.9. The minimum absolute atomic E-state index is 0.0108. The van der Waals surface area contributed by atoms with Crippen molar-refractivity contribution in [3.63, 3.8) is 0 Å². The molecule has 0 bridgehead atoms. The van der Waals surface area contributed by atoms with Gasteiger partial charge in [0, 0.05) is 0 Å². The second-order valence-corrected chi connectivity index (χ2v) is 23.4. The second kappa shape index (κ2) is 63.4. The van der Waals surface area contributed by atoms with E-state index in [0.717, 1.165) is 32.1 Å². The third-order valence-corrected chi connectivity index (χ3v) is 16.0. The van der Waals surface area contributed by atoms with E-state index in [-0.39, 0.29) is 18.9 Å². The van der Waals surface area contributed by atoms with Gasteiger partial charge in [-0.1, -0.05) is 366 Å². The molecule has 73 heavy (non-hydrogen) atoms. The van der Waals surface area contributed by atoms with Gasteiger partial charge in [-0.3, -0.25) is 4.79 Å². The summed E-state index contributed by atoms with van der Waals surface area (Å²) in [7, 11) is 0. The first-order valence-electron chi connectivity index (χ1n) is 33.6. The van der Waals surface area contributed by atoms with Crippen LogP contribution in [0.5, 0.6) is 0 Å². The lowest BCUT2D eigenvalue weighted by molar-refractivity contribution is -0.124. The number of carbonyl (C=O) groups excluding carboxylic acids is 1. The number of hydrogen-bond donors (Lipinski definition) is 4. The molecule has 4 N–H and O–H groups in total. The highest BCUT2D eigenvalue weighted by Gasteiger charge is 2.20. The molecule has 3 unspecified atom stereocenters. The summed E-state index contributed by atoms with van der Waals surface area (Å²) >= 11 is 0. The van der Waals surface area contributed by atoms with Gasteiger partial charge in [0.05, 0.1) is 31.3 Å². The van der Waals surface area contributed by atoms with Gasteiger partial charge in [-0.25, -0.2) is 0 Å². The van der Waals surface area contributed by atoms with Crippen molar-refractivity contribution >= 4 is 5.91 Å². The molecule has 434 valence electrons. The minimum atomic E-state index is -0.951. The van der Waals surface area contributed by atoms with Gasteiger partial charge in [0.2, 0.25) is 5.91 Å². The number of hydrogen-bond acceptors (Lipinski definition) is 4. The van der Waals surface area contributed by atoms with Crippen LogP contribution in [0.3, 0.4) is 0 Å². The van der Waals surface area contributed by atoms with Gasteiger partial charge in [-0.05, 0) is 32.1 Å². The summed E-state index contributed by atoms with van der Waals surface area (Å²) in [5, 5.41) is 33.6. The third kappa shape index (κ3) is 59.9. The average Bonchev–Trinajstić information content (AvgIpc) is 3.39. The quantitative estimate of drug-likeness (QED) is 0.0361. The van der Waals surface area contributed by atoms with E-state index in [1.807, 2.05) is 6.08 Å². The first-order chi connectivity index (χ1) is 36.0. The van der Waals surface area contributed by atoms with E-state index in [2.05, 4.69) is 31.3 Å². The van der Waals surface area contributed by atoms with E-state index >= 15 is 0 Å². The molecule has 0 rings (SSSR count). The van der Waals surface area contributed by atoms with Crippen LogP contribution in [0, 0.1) is 0 Å². The van der Waals surface area contributed by atoms with Gasteiger partial charge < -0.3 is 20.6 Å². The highest BCUT2D eigenvalue weighted by Crippen LogP contribution is 2.19. The molecule has 0 saturated carbocycles. The Kier molecular flexibility index (Phi) is 62.3. The Hall–Kier alpha value is -1.17. The van der Waals surface area contributed by atoms with Gasteiger partial charge in [0.25, 0.3) is 0 Å². The van der Waals surface area contributed by atoms with E-state index in [1.54, 1.807) is 6.08 Å². The average molecular weight is 1030 g/mol. The molecule has 0 aliphatic carbocycles. The monoisotopic (exact) mass is 1030 g/mol.